The molecule has 7 heteroatoms. The molecule has 0 aliphatic rings. The minimum Gasteiger partial charge on any atom is -0.406 e. The molecule has 0 aliphatic heterocycles. The Morgan fingerprint density at radius 3 is 2.76 bits per heavy atom. The van der Waals surface area contributed by atoms with Crippen molar-refractivity contribution in [2.24, 2.45) is 0 Å². The van der Waals surface area contributed by atoms with Crippen LogP contribution in [0.1, 0.15) is 18.2 Å². The van der Waals surface area contributed by atoms with Gasteiger partial charge < -0.3 is 9.73 Å². The van der Waals surface area contributed by atoms with Gasteiger partial charge in [-0.25, -0.2) is 8.78 Å². The van der Waals surface area contributed by atoms with E-state index < -0.39 is 17.0 Å². The molecule has 0 saturated heterocycles. The summed E-state index contributed by atoms with van der Waals surface area (Å²) in [5.41, 5.74) is -0.0811. The summed E-state index contributed by atoms with van der Waals surface area (Å²) < 4.78 is 31.3. The van der Waals surface area contributed by atoms with Crippen LogP contribution in [0, 0.1) is 11.6 Å². The number of hydrogen-bond acceptors (Lipinski definition) is 4. The molecule has 1 atom stereocenters. The first kappa shape index (κ1) is 11.8. The zero-order chi connectivity index (χ0) is 12.4. The Bertz CT molecular complexity index is 530. The van der Waals surface area contributed by atoms with Gasteiger partial charge >= 0.3 is 6.01 Å². The predicted octanol–water partition coefficient (Wildman–Crippen LogP) is 3.39. The molecule has 4 nitrogen and oxygen atoms in total. The predicted molar refractivity (Wildman–Crippen MR) is 58.2 cm³/mol. The van der Waals surface area contributed by atoms with Crippen LogP contribution < -0.4 is 5.32 Å². The van der Waals surface area contributed by atoms with Crippen LogP contribution >= 0.6 is 11.6 Å². The van der Waals surface area contributed by atoms with Gasteiger partial charge in [-0.2, -0.15) is 0 Å². The number of nitrogens with zero attached hydrogens (tertiary/aromatic N) is 2. The van der Waals surface area contributed by atoms with E-state index in [1.54, 1.807) is 6.92 Å². The van der Waals surface area contributed by atoms with Crippen LogP contribution in [0.3, 0.4) is 0 Å². The molecular weight excluding hydrogens is 252 g/mol. The van der Waals surface area contributed by atoms with Crippen molar-refractivity contribution in [1.82, 2.24) is 10.2 Å². The third-order valence-corrected chi connectivity index (χ3v) is 2.16. The molecule has 2 rings (SSSR count). The van der Waals surface area contributed by atoms with Crippen LogP contribution in [0.4, 0.5) is 20.5 Å². The lowest BCUT2D eigenvalue weighted by molar-refractivity contribution is 0.501. The summed E-state index contributed by atoms with van der Waals surface area (Å²) in [6, 6.07) is 3.69. The maximum atomic E-state index is 13.3. The average molecular weight is 260 g/mol. The monoisotopic (exact) mass is 259 g/mol. The van der Waals surface area contributed by atoms with Gasteiger partial charge in [0.1, 0.15) is 5.38 Å². The second-order valence-electron chi connectivity index (χ2n) is 3.29. The van der Waals surface area contributed by atoms with Crippen LogP contribution in [0.5, 0.6) is 0 Å². The second kappa shape index (κ2) is 4.67. The zero-order valence-electron chi connectivity index (χ0n) is 8.75. The lowest BCUT2D eigenvalue weighted by atomic mass is 10.3. The maximum absolute atomic E-state index is 13.3. The van der Waals surface area contributed by atoms with E-state index in [0.717, 1.165) is 6.07 Å². The van der Waals surface area contributed by atoms with Crippen LogP contribution in [0.15, 0.2) is 22.6 Å². The van der Waals surface area contributed by atoms with Gasteiger partial charge in [-0.3, -0.25) is 0 Å². The molecule has 1 heterocycles. The Kier molecular flexibility index (Phi) is 3.23. The van der Waals surface area contributed by atoms with Gasteiger partial charge in [0.05, 0.1) is 5.69 Å². The Labute approximate surface area is 101 Å². The number of hydrogen-bond donors (Lipinski definition) is 1. The van der Waals surface area contributed by atoms with E-state index in [9.17, 15) is 8.78 Å². The Hall–Kier alpha value is -1.69. The number of aromatic nitrogens is 2. The fraction of sp³-hybridized carbons (Fsp3) is 0.200. The van der Waals surface area contributed by atoms with Crippen molar-refractivity contribution >= 4 is 23.3 Å². The highest BCUT2D eigenvalue weighted by Gasteiger charge is 2.13. The molecule has 17 heavy (non-hydrogen) atoms. The highest BCUT2D eigenvalue weighted by atomic mass is 35.5. The molecule has 0 spiro atoms. The zero-order valence-corrected chi connectivity index (χ0v) is 9.50. The third-order valence-electron chi connectivity index (χ3n) is 1.97. The summed E-state index contributed by atoms with van der Waals surface area (Å²) >= 11 is 5.72. The molecule has 0 amide bonds. The van der Waals surface area contributed by atoms with Crippen molar-refractivity contribution in [1.29, 1.82) is 0 Å². The molecule has 1 aromatic carbocycles. The van der Waals surface area contributed by atoms with Crippen LogP contribution in [-0.2, 0) is 0 Å². The number of benzene rings is 1. The first-order chi connectivity index (χ1) is 8.08. The summed E-state index contributed by atoms with van der Waals surface area (Å²) in [6.07, 6.45) is 0. The van der Waals surface area contributed by atoms with Crippen molar-refractivity contribution in [2.45, 2.75) is 12.3 Å². The normalized spacial score (nSPS) is 12.5. The molecule has 2 aromatic rings. The van der Waals surface area contributed by atoms with Crippen molar-refractivity contribution < 1.29 is 13.2 Å². The van der Waals surface area contributed by atoms with E-state index >= 15 is 0 Å². The topological polar surface area (TPSA) is 51.0 Å². The highest BCUT2D eigenvalue weighted by Crippen LogP contribution is 2.23. The molecule has 0 saturated carbocycles. The van der Waals surface area contributed by atoms with Crippen molar-refractivity contribution in [3.8, 4) is 0 Å². The van der Waals surface area contributed by atoms with Gasteiger partial charge in [0.25, 0.3) is 0 Å². The van der Waals surface area contributed by atoms with Gasteiger partial charge in [0.2, 0.25) is 5.89 Å². The van der Waals surface area contributed by atoms with E-state index in [4.69, 9.17) is 16.0 Å². The van der Waals surface area contributed by atoms with Crippen LogP contribution in [-0.4, -0.2) is 10.2 Å². The van der Waals surface area contributed by atoms with E-state index in [2.05, 4.69) is 15.5 Å². The number of alkyl halides is 1. The summed E-state index contributed by atoms with van der Waals surface area (Å²) in [5, 5.41) is 9.26. The molecule has 0 fully saturated rings. The molecule has 90 valence electrons. The van der Waals surface area contributed by atoms with Gasteiger partial charge in [-0.15, -0.1) is 16.7 Å². The highest BCUT2D eigenvalue weighted by molar-refractivity contribution is 6.20. The molecule has 1 aromatic heterocycles. The minimum atomic E-state index is -1.01. The Morgan fingerprint density at radius 2 is 2.12 bits per heavy atom. The quantitative estimate of drug-likeness (QED) is 0.859. The summed E-state index contributed by atoms with van der Waals surface area (Å²) in [6.45, 7) is 1.65. The van der Waals surface area contributed by atoms with Crippen LogP contribution in [0.2, 0.25) is 0 Å². The number of rotatable bonds is 3. The lowest BCUT2D eigenvalue weighted by Crippen LogP contribution is -1.96. The standard InChI is InChI=1S/C10H8ClF2N3O/c1-5(11)9-15-16-10(17-9)14-7-4-2-3-6(12)8(7)13/h2-5H,1H3,(H,14,16). The molecule has 0 bridgehead atoms. The smallest absolute Gasteiger partial charge is 0.320 e. The average Bonchev–Trinajstić information content (AvgIpc) is 2.73. The molecular formula is C10H8ClF2N3O. The fourth-order valence-corrected chi connectivity index (χ4v) is 1.25. The van der Waals surface area contributed by atoms with Crippen molar-refractivity contribution in [3.05, 3.63) is 35.7 Å². The van der Waals surface area contributed by atoms with Crippen molar-refractivity contribution in [2.75, 3.05) is 5.32 Å². The second-order valence-corrected chi connectivity index (χ2v) is 3.94. The summed E-state index contributed by atoms with van der Waals surface area (Å²) in [5.74, 6) is -1.77. The summed E-state index contributed by atoms with van der Waals surface area (Å²) in [4.78, 5) is 0. The molecule has 1 unspecified atom stereocenters. The Morgan fingerprint density at radius 1 is 1.35 bits per heavy atom. The summed E-state index contributed by atoms with van der Waals surface area (Å²) in [7, 11) is 0. The fourth-order valence-electron chi connectivity index (χ4n) is 1.16. The van der Waals surface area contributed by atoms with Crippen LogP contribution in [0.25, 0.3) is 0 Å². The first-order valence-corrected chi connectivity index (χ1v) is 5.20. The lowest BCUT2D eigenvalue weighted by Gasteiger charge is -2.02. The SMILES string of the molecule is CC(Cl)c1nnc(Nc2cccc(F)c2F)o1. The largest absolute Gasteiger partial charge is 0.406 e. The maximum Gasteiger partial charge on any atom is 0.320 e. The number of anilines is 2. The van der Waals surface area contributed by atoms with Gasteiger partial charge in [-0.05, 0) is 19.1 Å². The van der Waals surface area contributed by atoms with Gasteiger partial charge in [0.15, 0.2) is 11.6 Å². The Balaban J connectivity index is 2.22. The molecule has 1 N–H and O–H groups in total. The number of halogens is 3. The van der Waals surface area contributed by atoms with E-state index in [-0.39, 0.29) is 17.6 Å². The third kappa shape index (κ3) is 2.52. The van der Waals surface area contributed by atoms with E-state index in [0.29, 0.717) is 0 Å². The van der Waals surface area contributed by atoms with Gasteiger partial charge in [-0.1, -0.05) is 11.2 Å². The van der Waals surface area contributed by atoms with Gasteiger partial charge in [0, 0.05) is 0 Å². The van der Waals surface area contributed by atoms with E-state index in [1.807, 2.05) is 0 Å². The molecule has 0 aliphatic carbocycles. The van der Waals surface area contributed by atoms with Crippen molar-refractivity contribution in [3.63, 3.8) is 0 Å². The minimum absolute atomic E-state index is 0.0444. The first-order valence-electron chi connectivity index (χ1n) is 4.76. The van der Waals surface area contributed by atoms with E-state index in [1.165, 1.54) is 12.1 Å². The number of nitrogens with one attached hydrogen (secondary N) is 1. The molecule has 0 radical (unpaired) electrons.